The van der Waals surface area contributed by atoms with Crippen molar-refractivity contribution in [2.24, 2.45) is 10.7 Å². The number of hydrogen-bond acceptors (Lipinski definition) is 3. The van der Waals surface area contributed by atoms with E-state index in [2.05, 4.69) is 15.3 Å². The van der Waals surface area contributed by atoms with Crippen molar-refractivity contribution in [1.29, 1.82) is 0 Å². The summed E-state index contributed by atoms with van der Waals surface area (Å²) in [6, 6.07) is 0. The quantitative estimate of drug-likeness (QED) is 0.646. The third kappa shape index (κ3) is 4.43. The number of aryl methyl sites for hydroxylation is 1. The molecule has 5 heteroatoms. The zero-order valence-corrected chi connectivity index (χ0v) is 12.7. The van der Waals surface area contributed by atoms with Gasteiger partial charge in [0.2, 0.25) is 0 Å². The Morgan fingerprint density at radius 2 is 2.05 bits per heavy atom. The highest BCUT2D eigenvalue weighted by Crippen LogP contribution is 2.24. The van der Waals surface area contributed by atoms with E-state index in [1.54, 1.807) is 13.3 Å². The van der Waals surface area contributed by atoms with Crippen molar-refractivity contribution in [2.45, 2.75) is 46.7 Å². The van der Waals surface area contributed by atoms with E-state index in [0.29, 0.717) is 12.5 Å². The number of methoxy groups -OCH3 is 1. The number of aliphatic imine (C=N–C) groups is 1. The summed E-state index contributed by atoms with van der Waals surface area (Å²) in [4.78, 5) is 8.70. The van der Waals surface area contributed by atoms with Gasteiger partial charge in [-0.1, -0.05) is 0 Å². The largest absolute Gasteiger partial charge is 0.496 e. The van der Waals surface area contributed by atoms with Gasteiger partial charge in [0.25, 0.3) is 0 Å². The molecule has 0 fully saturated rings. The van der Waals surface area contributed by atoms with Gasteiger partial charge >= 0.3 is 0 Å². The molecular formula is C14H24N4O. The van der Waals surface area contributed by atoms with Crippen LogP contribution in [0.4, 0.5) is 0 Å². The normalized spacial score (nSPS) is 12.4. The van der Waals surface area contributed by atoms with Crippen LogP contribution in [0.3, 0.4) is 0 Å². The first-order chi connectivity index (χ1) is 8.74. The lowest BCUT2D eigenvalue weighted by Gasteiger charge is -2.21. The maximum atomic E-state index is 5.84. The van der Waals surface area contributed by atoms with Crippen LogP contribution in [0.15, 0.2) is 11.2 Å². The van der Waals surface area contributed by atoms with E-state index in [9.17, 15) is 0 Å². The Hall–Kier alpha value is -1.78. The minimum absolute atomic E-state index is 0.0962. The first kappa shape index (κ1) is 15.3. The summed E-state index contributed by atoms with van der Waals surface area (Å²) in [6.07, 6.45) is 1.80. The van der Waals surface area contributed by atoms with Crippen molar-refractivity contribution in [3.63, 3.8) is 0 Å². The van der Waals surface area contributed by atoms with Crippen LogP contribution < -0.4 is 15.8 Å². The summed E-state index contributed by atoms with van der Waals surface area (Å²) < 4.78 is 5.37. The van der Waals surface area contributed by atoms with Gasteiger partial charge in [0.05, 0.1) is 19.3 Å². The highest BCUT2D eigenvalue weighted by Gasteiger charge is 2.11. The molecule has 0 aliphatic carbocycles. The minimum Gasteiger partial charge on any atom is -0.496 e. The van der Waals surface area contributed by atoms with Crippen LogP contribution in [0.5, 0.6) is 5.75 Å². The van der Waals surface area contributed by atoms with E-state index in [-0.39, 0.29) is 5.54 Å². The van der Waals surface area contributed by atoms with Crippen LogP contribution >= 0.6 is 0 Å². The van der Waals surface area contributed by atoms with E-state index in [4.69, 9.17) is 10.5 Å². The molecule has 3 N–H and O–H groups in total. The SMILES string of the molecule is COc1c(C)cnc(CN=C(N)NC(C)(C)C)c1C. The Bertz CT molecular complexity index is 475. The first-order valence-electron chi connectivity index (χ1n) is 6.31. The van der Waals surface area contributed by atoms with Gasteiger partial charge in [0, 0.05) is 22.9 Å². The molecule has 5 nitrogen and oxygen atoms in total. The molecule has 0 aliphatic heterocycles. The predicted octanol–water partition coefficient (Wildman–Crippen LogP) is 1.91. The molecule has 0 aromatic carbocycles. The van der Waals surface area contributed by atoms with Crippen molar-refractivity contribution in [1.82, 2.24) is 10.3 Å². The number of nitrogens with one attached hydrogen (secondary N) is 1. The fourth-order valence-corrected chi connectivity index (χ4v) is 1.81. The van der Waals surface area contributed by atoms with Gasteiger partial charge in [-0.25, -0.2) is 4.99 Å². The summed E-state index contributed by atoms with van der Waals surface area (Å²) in [5.41, 5.74) is 8.65. The topological polar surface area (TPSA) is 72.5 Å². The summed E-state index contributed by atoms with van der Waals surface area (Å²) in [5, 5.41) is 3.12. The molecule has 0 unspecified atom stereocenters. The maximum absolute atomic E-state index is 5.84. The van der Waals surface area contributed by atoms with Crippen molar-refractivity contribution in [2.75, 3.05) is 7.11 Å². The van der Waals surface area contributed by atoms with Crippen molar-refractivity contribution < 1.29 is 4.74 Å². The monoisotopic (exact) mass is 264 g/mol. The number of nitrogens with zero attached hydrogens (tertiary/aromatic N) is 2. The van der Waals surface area contributed by atoms with E-state index in [0.717, 1.165) is 22.6 Å². The average Bonchev–Trinajstić information content (AvgIpc) is 2.26. The van der Waals surface area contributed by atoms with Gasteiger partial charge < -0.3 is 15.8 Å². The lowest BCUT2D eigenvalue weighted by atomic mass is 10.1. The molecule has 19 heavy (non-hydrogen) atoms. The second-order valence-electron chi connectivity index (χ2n) is 5.62. The number of ether oxygens (including phenoxy) is 1. The van der Waals surface area contributed by atoms with E-state index in [1.807, 2.05) is 34.6 Å². The molecule has 1 heterocycles. The molecule has 0 saturated carbocycles. The Labute approximate surface area is 115 Å². The van der Waals surface area contributed by atoms with Crippen LogP contribution in [0.25, 0.3) is 0 Å². The smallest absolute Gasteiger partial charge is 0.189 e. The number of rotatable bonds is 3. The van der Waals surface area contributed by atoms with Gasteiger partial charge in [0.1, 0.15) is 5.75 Å². The Morgan fingerprint density at radius 3 is 2.58 bits per heavy atom. The van der Waals surface area contributed by atoms with Gasteiger partial charge in [-0.15, -0.1) is 0 Å². The molecule has 1 aromatic rings. The van der Waals surface area contributed by atoms with Crippen LogP contribution in [-0.2, 0) is 6.54 Å². The molecule has 0 saturated heterocycles. The fourth-order valence-electron chi connectivity index (χ4n) is 1.81. The molecule has 0 amide bonds. The van der Waals surface area contributed by atoms with Crippen molar-refractivity contribution in [3.05, 3.63) is 23.0 Å². The first-order valence-corrected chi connectivity index (χ1v) is 6.31. The second kappa shape index (κ2) is 5.91. The highest BCUT2D eigenvalue weighted by molar-refractivity contribution is 5.78. The lowest BCUT2D eigenvalue weighted by molar-refractivity contribution is 0.407. The molecule has 0 spiro atoms. The van der Waals surface area contributed by atoms with Gasteiger partial charge in [-0.3, -0.25) is 4.98 Å². The summed E-state index contributed by atoms with van der Waals surface area (Å²) >= 11 is 0. The number of hydrogen-bond donors (Lipinski definition) is 2. The Kier molecular flexibility index (Phi) is 4.75. The molecule has 1 rings (SSSR count). The van der Waals surface area contributed by atoms with Crippen LogP contribution in [-0.4, -0.2) is 23.6 Å². The Balaban J connectivity index is 2.87. The molecule has 0 bridgehead atoms. The van der Waals surface area contributed by atoms with E-state index < -0.39 is 0 Å². The molecule has 0 aliphatic rings. The van der Waals surface area contributed by atoms with Crippen LogP contribution in [0.2, 0.25) is 0 Å². The van der Waals surface area contributed by atoms with Crippen LogP contribution in [0, 0.1) is 13.8 Å². The predicted molar refractivity (Wildman–Crippen MR) is 78.5 cm³/mol. The average molecular weight is 264 g/mol. The number of nitrogens with two attached hydrogens (primary N) is 1. The summed E-state index contributed by atoms with van der Waals surface area (Å²) in [5.74, 6) is 1.29. The van der Waals surface area contributed by atoms with Gasteiger partial charge in [0.15, 0.2) is 5.96 Å². The lowest BCUT2D eigenvalue weighted by Crippen LogP contribution is -2.45. The molecular weight excluding hydrogens is 240 g/mol. The highest BCUT2D eigenvalue weighted by atomic mass is 16.5. The zero-order valence-electron chi connectivity index (χ0n) is 12.7. The summed E-state index contributed by atoms with van der Waals surface area (Å²) in [6.45, 7) is 10.5. The molecule has 1 aromatic heterocycles. The number of aromatic nitrogens is 1. The Morgan fingerprint density at radius 1 is 1.42 bits per heavy atom. The van der Waals surface area contributed by atoms with E-state index >= 15 is 0 Å². The molecule has 0 radical (unpaired) electrons. The minimum atomic E-state index is -0.0962. The maximum Gasteiger partial charge on any atom is 0.189 e. The van der Waals surface area contributed by atoms with Gasteiger partial charge in [-0.2, -0.15) is 0 Å². The zero-order chi connectivity index (χ0) is 14.6. The van der Waals surface area contributed by atoms with Gasteiger partial charge in [-0.05, 0) is 34.6 Å². The molecule has 106 valence electrons. The molecule has 0 atom stereocenters. The number of guanidine groups is 1. The number of pyridine rings is 1. The van der Waals surface area contributed by atoms with Crippen LogP contribution in [0.1, 0.15) is 37.6 Å². The fraction of sp³-hybridized carbons (Fsp3) is 0.571. The van der Waals surface area contributed by atoms with Crippen molar-refractivity contribution in [3.8, 4) is 5.75 Å². The standard InChI is InChI=1S/C14H24N4O/c1-9-7-16-11(10(2)12(9)19-6)8-17-13(15)18-14(3,4)5/h7H,8H2,1-6H3,(H3,15,17,18). The third-order valence-electron chi connectivity index (χ3n) is 2.65. The second-order valence-corrected chi connectivity index (χ2v) is 5.62. The third-order valence-corrected chi connectivity index (χ3v) is 2.65. The summed E-state index contributed by atoms with van der Waals surface area (Å²) in [7, 11) is 1.66. The van der Waals surface area contributed by atoms with Crippen molar-refractivity contribution >= 4 is 5.96 Å². The van der Waals surface area contributed by atoms with E-state index in [1.165, 1.54) is 0 Å².